The van der Waals surface area contributed by atoms with Gasteiger partial charge in [-0.1, -0.05) is 0 Å². The zero-order chi connectivity index (χ0) is 5.28. The molecule has 0 aromatic carbocycles. The molecule has 2 atom stereocenters. The van der Waals surface area contributed by atoms with Crippen molar-refractivity contribution in [1.29, 1.82) is 0 Å². The van der Waals surface area contributed by atoms with Gasteiger partial charge in [0.2, 0.25) is 0 Å². The first-order chi connectivity index (χ1) is 3.29. The fourth-order valence-electron chi connectivity index (χ4n) is 0.958. The lowest BCUT2D eigenvalue weighted by Gasteiger charge is -1.95. The molecule has 7 heavy (non-hydrogen) atoms. The largest absolute Gasteiger partial charge is 0.393 e. The molecule has 2 heteroatoms. The quantitative estimate of drug-likeness (QED) is 0.463. The molecule has 2 nitrogen and oxygen atoms in total. The van der Waals surface area contributed by atoms with E-state index in [1.54, 1.807) is 0 Å². The summed E-state index contributed by atoms with van der Waals surface area (Å²) in [6.45, 7) is 0. The average molecular weight is 100 g/mol. The molecule has 41 valence electrons. The van der Waals surface area contributed by atoms with Crippen LogP contribution in [0.5, 0.6) is 0 Å². The van der Waals surface area contributed by atoms with Crippen LogP contribution in [-0.2, 0) is 0 Å². The van der Waals surface area contributed by atoms with Crippen LogP contribution in [0.15, 0.2) is 0 Å². The van der Waals surface area contributed by atoms with Gasteiger partial charge in [-0.15, -0.1) is 0 Å². The molecule has 1 aliphatic rings. The van der Waals surface area contributed by atoms with Crippen LogP contribution in [0.3, 0.4) is 0 Å². The molecule has 0 bridgehead atoms. The normalized spacial score (nSPS) is 42.0. The van der Waals surface area contributed by atoms with E-state index in [0.29, 0.717) is 6.42 Å². The van der Waals surface area contributed by atoms with Crippen molar-refractivity contribution in [2.75, 3.05) is 0 Å². The van der Waals surface area contributed by atoms with Crippen molar-refractivity contribution in [3.8, 4) is 0 Å². The molecule has 2 unspecified atom stereocenters. The third-order valence-corrected chi connectivity index (χ3v) is 1.40. The maximum Gasteiger partial charge on any atom is 0.0556 e. The summed E-state index contributed by atoms with van der Waals surface area (Å²) in [5.74, 6) is 0. The highest BCUT2D eigenvalue weighted by molar-refractivity contribution is 4.75. The Morgan fingerprint density at radius 1 is 1.43 bits per heavy atom. The van der Waals surface area contributed by atoms with Crippen LogP contribution in [0.4, 0.5) is 0 Å². The summed E-state index contributed by atoms with van der Waals surface area (Å²) in [5, 5.41) is 8.78. The number of rotatable bonds is 0. The summed E-state index contributed by atoms with van der Waals surface area (Å²) in [6, 6.07) is 0.0231. The van der Waals surface area contributed by atoms with Crippen molar-refractivity contribution in [2.24, 2.45) is 0 Å². The molecule has 0 saturated heterocycles. The fraction of sp³-hybridized carbons (Fsp3) is 1.00. The number of aliphatic hydroxyl groups is 1. The minimum atomic E-state index is -0.164. The van der Waals surface area contributed by atoms with Gasteiger partial charge in [0, 0.05) is 6.04 Å². The van der Waals surface area contributed by atoms with Crippen molar-refractivity contribution in [3.63, 3.8) is 0 Å². The minimum Gasteiger partial charge on any atom is -0.393 e. The van der Waals surface area contributed by atoms with Gasteiger partial charge in [0.1, 0.15) is 0 Å². The van der Waals surface area contributed by atoms with Gasteiger partial charge in [-0.3, -0.25) is 5.73 Å². The minimum absolute atomic E-state index is 0.0231. The lowest BCUT2D eigenvalue weighted by Crippen LogP contribution is -2.04. The van der Waals surface area contributed by atoms with E-state index < -0.39 is 0 Å². The molecule has 0 spiro atoms. The van der Waals surface area contributed by atoms with Crippen LogP contribution in [0.1, 0.15) is 19.3 Å². The topological polar surface area (TPSA) is 44.0 Å². The molecule has 2 N–H and O–H groups in total. The first-order valence-electron chi connectivity index (χ1n) is 2.68. The van der Waals surface area contributed by atoms with Gasteiger partial charge < -0.3 is 5.11 Å². The maximum absolute atomic E-state index is 8.78. The second-order valence-electron chi connectivity index (χ2n) is 2.16. The van der Waals surface area contributed by atoms with Crippen molar-refractivity contribution in [2.45, 2.75) is 31.4 Å². The lowest BCUT2D eigenvalue weighted by atomic mass is 10.3. The molecule has 1 aliphatic carbocycles. The van der Waals surface area contributed by atoms with Crippen LogP contribution in [0.2, 0.25) is 0 Å². The molecule has 0 aliphatic heterocycles. The third-order valence-electron chi connectivity index (χ3n) is 1.40. The highest BCUT2D eigenvalue weighted by atomic mass is 16.3. The first-order valence-corrected chi connectivity index (χ1v) is 2.68. The highest BCUT2D eigenvalue weighted by Crippen LogP contribution is 2.17. The van der Waals surface area contributed by atoms with Crippen molar-refractivity contribution >= 4 is 0 Å². The second kappa shape index (κ2) is 1.80. The molecule has 0 aromatic heterocycles. The van der Waals surface area contributed by atoms with Crippen molar-refractivity contribution in [3.05, 3.63) is 0 Å². The zero-order valence-electron chi connectivity index (χ0n) is 4.22. The van der Waals surface area contributed by atoms with Gasteiger partial charge >= 0.3 is 0 Å². The smallest absolute Gasteiger partial charge is 0.0556 e. The van der Waals surface area contributed by atoms with E-state index in [-0.39, 0.29) is 12.1 Å². The van der Waals surface area contributed by atoms with E-state index in [1.165, 1.54) is 0 Å². The average Bonchev–Trinajstić information content (AvgIpc) is 1.87. The molecule has 1 saturated carbocycles. The summed E-state index contributed by atoms with van der Waals surface area (Å²) in [5.41, 5.74) is 7.10. The van der Waals surface area contributed by atoms with E-state index >= 15 is 0 Å². The molecular formula is C5H10NO. The number of hydrogen-bond acceptors (Lipinski definition) is 1. The lowest BCUT2D eigenvalue weighted by molar-refractivity contribution is 0.181. The Hall–Kier alpha value is -0.0800. The third kappa shape index (κ3) is 1.14. The Kier molecular flexibility index (Phi) is 1.30. The Morgan fingerprint density at radius 2 is 2.14 bits per heavy atom. The van der Waals surface area contributed by atoms with Gasteiger partial charge in [-0.25, -0.2) is 0 Å². The summed E-state index contributed by atoms with van der Waals surface area (Å²) >= 11 is 0. The molecule has 1 radical (unpaired) electrons. The summed E-state index contributed by atoms with van der Waals surface area (Å²) in [6.07, 6.45) is 2.26. The highest BCUT2D eigenvalue weighted by Gasteiger charge is 2.18. The predicted molar refractivity (Wildman–Crippen MR) is 26.7 cm³/mol. The van der Waals surface area contributed by atoms with Gasteiger partial charge in [-0.2, -0.15) is 0 Å². The second-order valence-corrected chi connectivity index (χ2v) is 2.16. The maximum atomic E-state index is 8.78. The van der Waals surface area contributed by atoms with Crippen LogP contribution in [-0.4, -0.2) is 17.3 Å². The van der Waals surface area contributed by atoms with Gasteiger partial charge in [0.15, 0.2) is 0 Å². The van der Waals surface area contributed by atoms with Crippen LogP contribution >= 0.6 is 0 Å². The number of aliphatic hydroxyl groups excluding tert-OH is 1. The molecule has 1 rings (SSSR count). The molecule has 1 fully saturated rings. The summed E-state index contributed by atoms with van der Waals surface area (Å²) < 4.78 is 0. The fourth-order valence-corrected chi connectivity index (χ4v) is 0.958. The number of nitrogens with one attached hydrogen (secondary N) is 1. The predicted octanol–water partition coefficient (Wildman–Crippen LogP) is 0.183. The van der Waals surface area contributed by atoms with E-state index in [2.05, 4.69) is 0 Å². The SMILES string of the molecule is [NH]C1CCC(O)C1. The van der Waals surface area contributed by atoms with Gasteiger partial charge in [0.25, 0.3) is 0 Å². The Balaban J connectivity index is 2.26. The standard InChI is InChI=1S/C5H10NO/c6-4-1-2-5(7)3-4/h4-7H,1-3H2. The Morgan fingerprint density at radius 3 is 2.29 bits per heavy atom. The van der Waals surface area contributed by atoms with Crippen LogP contribution < -0.4 is 5.73 Å². The first kappa shape index (κ1) is 5.06. The monoisotopic (exact) mass is 100 g/mol. The van der Waals surface area contributed by atoms with Crippen molar-refractivity contribution in [1.82, 2.24) is 5.73 Å². The number of hydrogen-bond donors (Lipinski definition) is 1. The van der Waals surface area contributed by atoms with Gasteiger partial charge in [-0.05, 0) is 19.3 Å². The zero-order valence-corrected chi connectivity index (χ0v) is 4.22. The molecule has 0 aromatic rings. The van der Waals surface area contributed by atoms with Gasteiger partial charge in [0.05, 0.1) is 6.10 Å². The Bertz CT molecular complexity index is 57.1. The van der Waals surface area contributed by atoms with Crippen molar-refractivity contribution < 1.29 is 5.11 Å². The molecule has 0 heterocycles. The van der Waals surface area contributed by atoms with Crippen LogP contribution in [0.25, 0.3) is 0 Å². The van der Waals surface area contributed by atoms with E-state index in [9.17, 15) is 0 Å². The summed E-state index contributed by atoms with van der Waals surface area (Å²) in [4.78, 5) is 0. The molecular weight excluding hydrogens is 90.1 g/mol. The molecule has 0 amide bonds. The van der Waals surface area contributed by atoms with Crippen LogP contribution in [0, 0.1) is 0 Å². The van der Waals surface area contributed by atoms with E-state index in [1.807, 2.05) is 0 Å². The van der Waals surface area contributed by atoms with E-state index in [4.69, 9.17) is 10.8 Å². The van der Waals surface area contributed by atoms with E-state index in [0.717, 1.165) is 12.8 Å². The summed E-state index contributed by atoms with van der Waals surface area (Å²) in [7, 11) is 0. The Labute approximate surface area is 43.3 Å².